The maximum atomic E-state index is 13.9. The van der Waals surface area contributed by atoms with Crippen molar-refractivity contribution < 1.29 is 4.39 Å². The lowest BCUT2D eigenvalue weighted by atomic mass is 10.2. The second-order valence-corrected chi connectivity index (χ2v) is 6.77. The molecule has 0 N–H and O–H groups in total. The summed E-state index contributed by atoms with van der Waals surface area (Å²) in [6.07, 6.45) is 1.66. The van der Waals surface area contributed by atoms with Crippen LogP contribution >= 0.6 is 27.5 Å². The van der Waals surface area contributed by atoms with E-state index in [9.17, 15) is 4.39 Å². The molecule has 0 bridgehead atoms. The fourth-order valence-corrected chi connectivity index (χ4v) is 2.97. The van der Waals surface area contributed by atoms with Crippen LogP contribution in [0.1, 0.15) is 25.2 Å². The molecule has 21 heavy (non-hydrogen) atoms. The molecule has 0 aliphatic rings. The molecule has 0 radical (unpaired) electrons. The van der Waals surface area contributed by atoms with Crippen molar-refractivity contribution in [3.05, 3.63) is 28.2 Å². The van der Waals surface area contributed by atoms with Crippen LogP contribution in [-0.2, 0) is 6.42 Å². The van der Waals surface area contributed by atoms with E-state index in [1.165, 1.54) is 0 Å². The molecule has 0 spiro atoms. The Kier molecular flexibility index (Phi) is 5.63. The van der Waals surface area contributed by atoms with E-state index in [-0.39, 0.29) is 11.9 Å². The summed E-state index contributed by atoms with van der Waals surface area (Å²) in [5, 5.41) is 0. The van der Waals surface area contributed by atoms with Crippen LogP contribution in [0.5, 0.6) is 0 Å². The van der Waals surface area contributed by atoms with Crippen molar-refractivity contribution in [2.75, 3.05) is 26.5 Å². The molecule has 6 heteroatoms. The van der Waals surface area contributed by atoms with Gasteiger partial charge < -0.3 is 9.47 Å². The zero-order valence-electron chi connectivity index (χ0n) is 12.5. The van der Waals surface area contributed by atoms with E-state index in [0.717, 1.165) is 29.8 Å². The van der Waals surface area contributed by atoms with Crippen LogP contribution in [0.25, 0.3) is 11.0 Å². The van der Waals surface area contributed by atoms with Crippen LogP contribution in [0.2, 0.25) is 0 Å². The minimum Gasteiger partial charge on any atom is -0.325 e. The number of halogens is 3. The molecule has 1 aromatic carbocycles. The van der Waals surface area contributed by atoms with Crippen LogP contribution < -0.4 is 0 Å². The van der Waals surface area contributed by atoms with Gasteiger partial charge in [0.25, 0.3) is 0 Å². The van der Waals surface area contributed by atoms with Gasteiger partial charge in [-0.15, -0.1) is 11.6 Å². The summed E-state index contributed by atoms with van der Waals surface area (Å²) in [6, 6.07) is 3.53. The summed E-state index contributed by atoms with van der Waals surface area (Å²) in [7, 11) is 4.10. The number of hydrogen-bond donors (Lipinski definition) is 0. The maximum absolute atomic E-state index is 13.9. The third-order valence-corrected chi connectivity index (χ3v) is 4.35. The molecule has 1 heterocycles. The Bertz CT molecular complexity index is 627. The van der Waals surface area contributed by atoms with Gasteiger partial charge in [0.2, 0.25) is 0 Å². The van der Waals surface area contributed by atoms with Crippen molar-refractivity contribution in [2.24, 2.45) is 0 Å². The van der Waals surface area contributed by atoms with Crippen molar-refractivity contribution in [3.8, 4) is 0 Å². The Balaban J connectivity index is 2.47. The monoisotopic (exact) mass is 375 g/mol. The first-order valence-corrected chi connectivity index (χ1v) is 8.33. The number of fused-ring (bicyclic) bond motifs is 1. The van der Waals surface area contributed by atoms with Crippen molar-refractivity contribution in [3.63, 3.8) is 0 Å². The highest BCUT2D eigenvalue weighted by Gasteiger charge is 2.17. The number of aryl methyl sites for hydroxylation is 1. The van der Waals surface area contributed by atoms with Crippen LogP contribution in [0, 0.1) is 5.82 Å². The molecule has 0 saturated heterocycles. The number of imidazole rings is 1. The van der Waals surface area contributed by atoms with E-state index in [4.69, 9.17) is 11.6 Å². The van der Waals surface area contributed by atoms with E-state index >= 15 is 0 Å². The largest absolute Gasteiger partial charge is 0.325 e. The van der Waals surface area contributed by atoms with Gasteiger partial charge in [-0.1, -0.05) is 0 Å². The third-order valence-electron chi connectivity index (χ3n) is 3.56. The summed E-state index contributed by atoms with van der Waals surface area (Å²) in [5.41, 5.74) is 1.64. The summed E-state index contributed by atoms with van der Waals surface area (Å²) in [6.45, 7) is 3.11. The molecular formula is C15H20BrClFN3. The number of benzene rings is 1. The zero-order chi connectivity index (χ0) is 15.6. The molecule has 1 unspecified atom stereocenters. The highest BCUT2D eigenvalue weighted by atomic mass is 79.9. The van der Waals surface area contributed by atoms with Gasteiger partial charge in [0.1, 0.15) is 11.6 Å². The lowest BCUT2D eigenvalue weighted by Gasteiger charge is -2.19. The molecule has 0 saturated carbocycles. The van der Waals surface area contributed by atoms with E-state index in [2.05, 4.69) is 51.4 Å². The molecule has 0 fully saturated rings. The molecule has 1 atom stereocenters. The molecule has 2 rings (SSSR count). The molecule has 0 aliphatic heterocycles. The molecule has 3 nitrogen and oxygen atoms in total. The molecule has 116 valence electrons. The maximum Gasteiger partial charge on any atom is 0.139 e. The van der Waals surface area contributed by atoms with Crippen molar-refractivity contribution in [1.29, 1.82) is 0 Å². The average molecular weight is 377 g/mol. The Labute approximate surface area is 138 Å². The number of nitrogens with zero attached hydrogens (tertiary/aromatic N) is 3. The molecule has 2 aromatic rings. The van der Waals surface area contributed by atoms with Gasteiger partial charge in [0, 0.05) is 24.4 Å². The third kappa shape index (κ3) is 3.76. The Morgan fingerprint density at radius 2 is 2.14 bits per heavy atom. The molecule has 1 aromatic heterocycles. The number of rotatable bonds is 6. The zero-order valence-corrected chi connectivity index (χ0v) is 14.9. The van der Waals surface area contributed by atoms with Gasteiger partial charge in [-0.25, -0.2) is 9.37 Å². The Hall–Kier alpha value is -0.650. The van der Waals surface area contributed by atoms with Crippen molar-refractivity contribution in [1.82, 2.24) is 14.5 Å². The number of alkyl halides is 1. The molecule has 0 aliphatic carbocycles. The highest BCUT2D eigenvalue weighted by Crippen LogP contribution is 2.28. The Morgan fingerprint density at radius 3 is 2.76 bits per heavy atom. The fourth-order valence-electron chi connectivity index (χ4n) is 2.47. The standard InChI is InChI=1S/C15H20BrClFN3/c1-10(5-7-20(2)3)21-14-9-12(18)11(16)8-13(14)19-15(21)4-6-17/h8-10H,4-7H2,1-3H3. The summed E-state index contributed by atoms with van der Waals surface area (Å²) < 4.78 is 16.4. The minimum atomic E-state index is -0.263. The van der Waals surface area contributed by atoms with E-state index in [0.29, 0.717) is 16.8 Å². The van der Waals surface area contributed by atoms with Crippen molar-refractivity contribution >= 4 is 38.6 Å². The van der Waals surface area contributed by atoms with Crippen molar-refractivity contribution in [2.45, 2.75) is 25.8 Å². The van der Waals surface area contributed by atoms with Crippen LogP contribution in [0.3, 0.4) is 0 Å². The predicted molar refractivity (Wildman–Crippen MR) is 89.7 cm³/mol. The predicted octanol–water partition coefficient (Wildman–Crippen LogP) is 4.23. The van der Waals surface area contributed by atoms with E-state index in [1.807, 2.05) is 0 Å². The van der Waals surface area contributed by atoms with Gasteiger partial charge in [0.05, 0.1) is 15.5 Å². The summed E-state index contributed by atoms with van der Waals surface area (Å²) >= 11 is 9.10. The first-order chi connectivity index (χ1) is 9.93. The number of hydrogen-bond acceptors (Lipinski definition) is 2. The van der Waals surface area contributed by atoms with Gasteiger partial charge >= 0.3 is 0 Å². The normalized spacial score (nSPS) is 13.3. The minimum absolute atomic E-state index is 0.246. The Morgan fingerprint density at radius 1 is 1.43 bits per heavy atom. The van der Waals surface area contributed by atoms with Gasteiger partial charge in [0.15, 0.2) is 0 Å². The topological polar surface area (TPSA) is 21.1 Å². The average Bonchev–Trinajstić information content (AvgIpc) is 2.74. The smallest absolute Gasteiger partial charge is 0.139 e. The second-order valence-electron chi connectivity index (χ2n) is 5.53. The highest BCUT2D eigenvalue weighted by molar-refractivity contribution is 9.10. The fraction of sp³-hybridized carbons (Fsp3) is 0.533. The molecular weight excluding hydrogens is 357 g/mol. The lowest BCUT2D eigenvalue weighted by molar-refractivity contribution is 0.357. The van der Waals surface area contributed by atoms with Crippen LogP contribution in [-0.4, -0.2) is 41.0 Å². The van der Waals surface area contributed by atoms with Crippen LogP contribution in [0.4, 0.5) is 4.39 Å². The molecule has 0 amide bonds. The van der Waals surface area contributed by atoms with Gasteiger partial charge in [-0.3, -0.25) is 0 Å². The van der Waals surface area contributed by atoms with Gasteiger partial charge in [-0.05, 0) is 56.0 Å². The number of aromatic nitrogens is 2. The van der Waals surface area contributed by atoms with Crippen LogP contribution in [0.15, 0.2) is 16.6 Å². The van der Waals surface area contributed by atoms with Gasteiger partial charge in [-0.2, -0.15) is 0 Å². The summed E-state index contributed by atoms with van der Waals surface area (Å²) in [4.78, 5) is 6.77. The quantitative estimate of drug-likeness (QED) is 0.703. The summed E-state index contributed by atoms with van der Waals surface area (Å²) in [5.74, 6) is 1.16. The van der Waals surface area contributed by atoms with E-state index < -0.39 is 0 Å². The lowest BCUT2D eigenvalue weighted by Crippen LogP contribution is -2.18. The first-order valence-electron chi connectivity index (χ1n) is 7.00. The first kappa shape index (κ1) is 16.7. The second kappa shape index (κ2) is 7.07. The van der Waals surface area contributed by atoms with E-state index in [1.54, 1.807) is 12.1 Å². The SMILES string of the molecule is CC(CCN(C)C)n1c(CCCl)nc2cc(Br)c(F)cc21.